The van der Waals surface area contributed by atoms with E-state index in [-0.39, 0.29) is 11.6 Å². The Labute approximate surface area is 184 Å². The molecule has 0 aliphatic carbocycles. The molecule has 7 N–H and O–H groups in total. The quantitative estimate of drug-likeness (QED) is 0.522. The maximum absolute atomic E-state index is 9.99. The summed E-state index contributed by atoms with van der Waals surface area (Å²) < 4.78 is 2.03. The lowest BCUT2D eigenvalue weighted by molar-refractivity contribution is 0.151. The van der Waals surface area contributed by atoms with E-state index >= 15 is 0 Å². The Morgan fingerprint density at radius 2 is 1.74 bits per heavy atom. The highest BCUT2D eigenvalue weighted by Crippen LogP contribution is 2.23. The largest absolute Gasteiger partial charge is 0.507 e. The number of aromatic hydroxyl groups is 1. The van der Waals surface area contributed by atoms with Crippen molar-refractivity contribution in [1.82, 2.24) is 19.4 Å². The predicted molar refractivity (Wildman–Crippen MR) is 126 cm³/mol. The normalized spacial score (nSPS) is 14.4. The number of rotatable bonds is 6. The van der Waals surface area contributed by atoms with Crippen molar-refractivity contribution in [2.75, 3.05) is 26.2 Å². The van der Waals surface area contributed by atoms with Gasteiger partial charge in [-0.15, -0.1) is 0 Å². The number of aryl methyl sites for hydroxylation is 1. The first-order chi connectivity index (χ1) is 14.9. The maximum Gasteiger partial charge on any atom is 0.124 e. The van der Waals surface area contributed by atoms with Crippen LogP contribution in [0.3, 0.4) is 0 Å². The Morgan fingerprint density at radius 1 is 1.10 bits per heavy atom. The van der Waals surface area contributed by atoms with Gasteiger partial charge in [0.15, 0.2) is 0 Å². The van der Waals surface area contributed by atoms with Gasteiger partial charge in [0, 0.05) is 56.9 Å². The molecule has 0 atom stereocenters. The number of nitrogens with two attached hydrogens (primary N) is 3. The third kappa shape index (κ3) is 6.68. The molecular formula is C23H33N7O. The molecule has 8 nitrogen and oxygen atoms in total. The van der Waals surface area contributed by atoms with E-state index in [0.29, 0.717) is 17.0 Å². The van der Waals surface area contributed by atoms with Gasteiger partial charge >= 0.3 is 0 Å². The van der Waals surface area contributed by atoms with Crippen molar-refractivity contribution in [3.05, 3.63) is 91.0 Å². The van der Waals surface area contributed by atoms with Crippen molar-refractivity contribution >= 4 is 5.70 Å². The topological polar surface area (TPSA) is 123 Å². The zero-order valence-corrected chi connectivity index (χ0v) is 18.1. The molecular weight excluding hydrogens is 390 g/mol. The number of para-hydroxylation sites is 1. The molecule has 0 saturated carbocycles. The molecule has 1 aromatic heterocycles. The lowest BCUT2D eigenvalue weighted by Crippen LogP contribution is -2.46. The summed E-state index contributed by atoms with van der Waals surface area (Å²) in [6, 6.07) is 6.93. The zero-order chi connectivity index (χ0) is 22.8. The number of piperazine rings is 1. The fourth-order valence-corrected chi connectivity index (χ4v) is 3.20. The molecule has 1 fully saturated rings. The van der Waals surface area contributed by atoms with Crippen LogP contribution < -0.4 is 17.2 Å². The molecule has 0 amide bonds. The number of allylic oxidation sites excluding steroid dienone is 3. The van der Waals surface area contributed by atoms with E-state index in [0.717, 1.165) is 38.5 Å². The van der Waals surface area contributed by atoms with Crippen LogP contribution in [-0.2, 0) is 13.6 Å². The molecule has 0 bridgehead atoms. The van der Waals surface area contributed by atoms with Crippen molar-refractivity contribution in [2.45, 2.75) is 6.54 Å². The Morgan fingerprint density at radius 3 is 2.26 bits per heavy atom. The summed E-state index contributed by atoms with van der Waals surface area (Å²) in [6.07, 6.45) is 8.78. The van der Waals surface area contributed by atoms with Gasteiger partial charge < -0.3 is 31.8 Å². The third-order valence-electron chi connectivity index (χ3n) is 4.97. The molecule has 1 aliphatic heterocycles. The lowest BCUT2D eigenvalue weighted by Gasteiger charge is -2.36. The fourth-order valence-electron chi connectivity index (χ4n) is 3.20. The summed E-state index contributed by atoms with van der Waals surface area (Å²) in [4.78, 5) is 8.85. The predicted octanol–water partition coefficient (Wildman–Crippen LogP) is 1.69. The van der Waals surface area contributed by atoms with Gasteiger partial charge in [0.25, 0.3) is 0 Å². The van der Waals surface area contributed by atoms with E-state index < -0.39 is 0 Å². The number of benzene rings is 1. The minimum atomic E-state index is 0.126. The van der Waals surface area contributed by atoms with E-state index in [9.17, 15) is 5.11 Å². The lowest BCUT2D eigenvalue weighted by atomic mass is 10.1. The minimum absolute atomic E-state index is 0.126. The van der Waals surface area contributed by atoms with E-state index in [1.54, 1.807) is 36.4 Å². The zero-order valence-electron chi connectivity index (χ0n) is 18.1. The van der Waals surface area contributed by atoms with E-state index in [1.807, 2.05) is 30.1 Å². The molecule has 31 heavy (non-hydrogen) atoms. The molecule has 8 heteroatoms. The molecule has 0 spiro atoms. The number of nitrogens with zero attached hydrogens (tertiary/aromatic N) is 4. The fraction of sp³-hybridized carbons (Fsp3) is 0.261. The maximum atomic E-state index is 9.99. The van der Waals surface area contributed by atoms with Crippen LogP contribution in [0.25, 0.3) is 5.70 Å². The van der Waals surface area contributed by atoms with Gasteiger partial charge in [0.1, 0.15) is 17.4 Å². The van der Waals surface area contributed by atoms with E-state index in [2.05, 4.69) is 27.9 Å². The Kier molecular flexibility index (Phi) is 8.78. The number of hydrogen-bond acceptors (Lipinski definition) is 7. The van der Waals surface area contributed by atoms with Crippen molar-refractivity contribution in [3.8, 4) is 5.75 Å². The molecule has 1 aromatic carbocycles. The van der Waals surface area contributed by atoms with Crippen LogP contribution in [0.2, 0.25) is 0 Å². The van der Waals surface area contributed by atoms with Crippen molar-refractivity contribution in [2.24, 2.45) is 24.2 Å². The summed E-state index contributed by atoms with van der Waals surface area (Å²) in [5, 5.41) is 9.99. The van der Waals surface area contributed by atoms with Crippen LogP contribution >= 0.6 is 0 Å². The number of phenols is 1. The highest BCUT2D eigenvalue weighted by Gasteiger charge is 2.21. The molecule has 0 radical (unpaired) electrons. The van der Waals surface area contributed by atoms with Crippen molar-refractivity contribution in [1.29, 1.82) is 0 Å². The molecule has 2 aromatic rings. The van der Waals surface area contributed by atoms with Crippen LogP contribution in [0.1, 0.15) is 11.4 Å². The summed E-state index contributed by atoms with van der Waals surface area (Å²) >= 11 is 0. The first-order valence-electron chi connectivity index (χ1n) is 10.0. The van der Waals surface area contributed by atoms with Gasteiger partial charge in [-0.05, 0) is 18.2 Å². The molecule has 166 valence electrons. The first kappa shape index (κ1) is 23.6. The third-order valence-corrected chi connectivity index (χ3v) is 4.97. The second-order valence-electron chi connectivity index (χ2n) is 7.15. The molecule has 1 aliphatic rings. The number of aromatic nitrogens is 2. The van der Waals surface area contributed by atoms with Gasteiger partial charge in [-0.3, -0.25) is 4.90 Å². The Hall–Kier alpha value is -3.65. The molecule has 1 saturated heterocycles. The molecule has 0 unspecified atom stereocenters. The smallest absolute Gasteiger partial charge is 0.124 e. The summed E-state index contributed by atoms with van der Waals surface area (Å²) in [7, 11) is 2.00. The van der Waals surface area contributed by atoms with Crippen molar-refractivity contribution in [3.63, 3.8) is 0 Å². The van der Waals surface area contributed by atoms with Crippen LogP contribution in [-0.4, -0.2) is 50.6 Å². The highest BCUT2D eigenvalue weighted by atomic mass is 16.3. The summed E-state index contributed by atoms with van der Waals surface area (Å²) in [5.74, 6) is 1.38. The van der Waals surface area contributed by atoms with Crippen molar-refractivity contribution < 1.29 is 5.11 Å². The number of phenolic OH excluding ortho intramolecular Hbond substituents is 1. The van der Waals surface area contributed by atoms with Gasteiger partial charge in [0.2, 0.25) is 0 Å². The summed E-state index contributed by atoms with van der Waals surface area (Å²) in [6.45, 7) is 10.8. The monoisotopic (exact) mass is 423 g/mol. The number of hydrogen-bond donors (Lipinski definition) is 4. The van der Waals surface area contributed by atoms with Gasteiger partial charge in [-0.1, -0.05) is 37.4 Å². The Balaban J connectivity index is 0.000000785. The van der Waals surface area contributed by atoms with Crippen LogP contribution in [0, 0.1) is 0 Å². The average molecular weight is 424 g/mol. The van der Waals surface area contributed by atoms with Crippen LogP contribution in [0.5, 0.6) is 5.75 Å². The van der Waals surface area contributed by atoms with Gasteiger partial charge in [-0.25, -0.2) is 4.98 Å². The van der Waals surface area contributed by atoms with Gasteiger partial charge in [-0.2, -0.15) is 0 Å². The Bertz CT molecular complexity index is 927. The molecule has 3 rings (SSSR count). The van der Waals surface area contributed by atoms with E-state index in [1.165, 1.54) is 0 Å². The van der Waals surface area contributed by atoms with E-state index in [4.69, 9.17) is 17.2 Å². The van der Waals surface area contributed by atoms with Crippen LogP contribution in [0.4, 0.5) is 0 Å². The second-order valence-corrected chi connectivity index (χ2v) is 7.15. The first-order valence-corrected chi connectivity index (χ1v) is 10.0. The highest BCUT2D eigenvalue weighted by molar-refractivity contribution is 5.69. The minimum Gasteiger partial charge on any atom is -0.507 e. The summed E-state index contributed by atoms with van der Waals surface area (Å²) in [5.41, 5.74) is 19.7. The molecule has 2 heterocycles. The van der Waals surface area contributed by atoms with Crippen LogP contribution in [0.15, 0.2) is 79.6 Å². The average Bonchev–Trinajstić information content (AvgIpc) is 3.17. The second kappa shape index (κ2) is 11.5. The SMILES string of the molecule is C=CC=C.Cn1ccnc1CN1CCN(C(/C=C(\N)c2ccccc2O)=C(N)N)CC1. The number of imidazole rings is 1. The standard InChI is InChI=1S/C19H27N7O.C4H6/c1-24-7-6-23-18(24)13-25-8-10-26(11-9-25)16(19(21)22)12-15(20)14-4-2-3-5-17(14)27;1-3-4-2/h2-7,12,27H,8-11,13,20-22H2,1H3;3-4H,1-2H2/b15-12-;. The van der Waals surface area contributed by atoms with Gasteiger partial charge in [0.05, 0.1) is 12.2 Å².